The van der Waals surface area contributed by atoms with Crippen LogP contribution < -0.4 is 5.73 Å². The van der Waals surface area contributed by atoms with E-state index in [0.717, 1.165) is 36.5 Å². The minimum atomic E-state index is -0.250. The average Bonchev–Trinajstić information content (AvgIpc) is 2.82. The summed E-state index contributed by atoms with van der Waals surface area (Å²) >= 11 is 0. The highest BCUT2D eigenvalue weighted by Gasteiger charge is 2.58. The van der Waals surface area contributed by atoms with Gasteiger partial charge >= 0.3 is 0 Å². The molecule has 0 saturated heterocycles. The monoisotopic (exact) mass is 291 g/mol. The summed E-state index contributed by atoms with van der Waals surface area (Å²) in [6, 6.07) is 0.0156. The van der Waals surface area contributed by atoms with Crippen LogP contribution in [-0.2, 0) is 0 Å². The van der Waals surface area contributed by atoms with Crippen LogP contribution in [0.1, 0.15) is 71.6 Å². The Balaban J connectivity index is 1.63. The van der Waals surface area contributed by atoms with E-state index in [2.05, 4.69) is 13.8 Å². The van der Waals surface area contributed by atoms with Crippen LogP contribution in [0.2, 0.25) is 0 Å². The van der Waals surface area contributed by atoms with Crippen molar-refractivity contribution in [3.05, 3.63) is 0 Å². The summed E-state index contributed by atoms with van der Waals surface area (Å²) in [5.41, 5.74) is 7.34. The first-order chi connectivity index (χ1) is 9.94. The van der Waals surface area contributed by atoms with Crippen LogP contribution in [0.4, 0.5) is 0 Å². The number of hydrogen-bond acceptors (Lipinski definition) is 2. The standard InChI is InChI=1S/C19H33NO/c1-18-8-3-4-14(18)13-6-5-12-10-17(21)16(20)11-19(12,2)15(13)7-9-18/h12-17,21H,3-11,20H2,1-2H3/t12-,13-,14-,15-,16+,17-,18-,19-/m0/s1. The van der Waals surface area contributed by atoms with Gasteiger partial charge in [-0.15, -0.1) is 0 Å². The predicted octanol–water partition coefficient (Wildman–Crippen LogP) is 3.72. The molecule has 0 aromatic carbocycles. The second kappa shape index (κ2) is 4.71. The maximum Gasteiger partial charge on any atom is 0.0694 e. The van der Waals surface area contributed by atoms with Crippen LogP contribution in [0.5, 0.6) is 0 Å². The molecule has 2 heteroatoms. The smallest absolute Gasteiger partial charge is 0.0694 e. The van der Waals surface area contributed by atoms with E-state index in [1.54, 1.807) is 0 Å². The Kier molecular flexibility index (Phi) is 3.25. The lowest BCUT2D eigenvalue weighted by atomic mass is 9.45. The first-order valence-electron chi connectivity index (χ1n) is 9.38. The molecule has 4 aliphatic rings. The van der Waals surface area contributed by atoms with Gasteiger partial charge in [-0.25, -0.2) is 0 Å². The van der Waals surface area contributed by atoms with Gasteiger partial charge in [-0.05, 0) is 85.9 Å². The average molecular weight is 291 g/mol. The van der Waals surface area contributed by atoms with E-state index in [9.17, 15) is 5.11 Å². The van der Waals surface area contributed by atoms with Gasteiger partial charge in [-0.1, -0.05) is 20.3 Å². The summed E-state index contributed by atoms with van der Waals surface area (Å²) in [6.45, 7) is 5.10. The molecule has 120 valence electrons. The lowest BCUT2D eigenvalue weighted by molar-refractivity contribution is -0.126. The molecule has 0 bridgehead atoms. The Labute approximate surface area is 129 Å². The molecule has 3 N–H and O–H groups in total. The minimum Gasteiger partial charge on any atom is -0.392 e. The number of hydrogen-bond donors (Lipinski definition) is 2. The lowest BCUT2D eigenvalue weighted by Crippen LogP contribution is -2.57. The lowest BCUT2D eigenvalue weighted by Gasteiger charge is -2.61. The Morgan fingerprint density at radius 3 is 2.62 bits per heavy atom. The predicted molar refractivity (Wildman–Crippen MR) is 85.7 cm³/mol. The summed E-state index contributed by atoms with van der Waals surface area (Å²) in [5, 5.41) is 10.2. The molecular weight excluding hydrogens is 258 g/mol. The fourth-order valence-corrected chi connectivity index (χ4v) is 7.34. The molecule has 4 saturated carbocycles. The zero-order valence-corrected chi connectivity index (χ0v) is 13.9. The molecular formula is C19H33NO. The summed E-state index contributed by atoms with van der Waals surface area (Å²) in [6.07, 6.45) is 11.8. The maximum absolute atomic E-state index is 10.2. The molecule has 4 aliphatic carbocycles. The summed E-state index contributed by atoms with van der Waals surface area (Å²) in [4.78, 5) is 0. The molecule has 8 atom stereocenters. The van der Waals surface area contributed by atoms with Crippen molar-refractivity contribution in [2.75, 3.05) is 0 Å². The molecule has 0 heterocycles. The molecule has 0 aromatic rings. The van der Waals surface area contributed by atoms with Gasteiger partial charge < -0.3 is 10.8 Å². The molecule has 0 unspecified atom stereocenters. The molecule has 0 radical (unpaired) electrons. The molecule has 4 rings (SSSR count). The van der Waals surface area contributed by atoms with Crippen molar-refractivity contribution < 1.29 is 5.11 Å². The fourth-order valence-electron chi connectivity index (χ4n) is 7.34. The normalized spacial score (nSPS) is 60.0. The molecule has 0 amide bonds. The minimum absolute atomic E-state index is 0.0156. The molecule has 0 aromatic heterocycles. The Morgan fingerprint density at radius 1 is 1.00 bits per heavy atom. The Morgan fingerprint density at radius 2 is 1.81 bits per heavy atom. The van der Waals surface area contributed by atoms with Gasteiger partial charge in [0.25, 0.3) is 0 Å². The molecule has 0 aliphatic heterocycles. The van der Waals surface area contributed by atoms with Crippen molar-refractivity contribution in [3.8, 4) is 0 Å². The molecule has 21 heavy (non-hydrogen) atoms. The number of rotatable bonds is 0. The van der Waals surface area contributed by atoms with Gasteiger partial charge in [0.2, 0.25) is 0 Å². The van der Waals surface area contributed by atoms with Gasteiger partial charge in [0.15, 0.2) is 0 Å². The largest absolute Gasteiger partial charge is 0.392 e. The first kappa shape index (κ1) is 14.5. The molecule has 4 fully saturated rings. The number of nitrogens with two attached hydrogens (primary N) is 1. The second-order valence-electron chi connectivity index (χ2n) is 9.41. The zero-order chi connectivity index (χ0) is 14.8. The topological polar surface area (TPSA) is 46.2 Å². The van der Waals surface area contributed by atoms with Crippen LogP contribution >= 0.6 is 0 Å². The van der Waals surface area contributed by atoms with E-state index in [0.29, 0.717) is 10.8 Å². The van der Waals surface area contributed by atoms with E-state index in [4.69, 9.17) is 5.73 Å². The van der Waals surface area contributed by atoms with E-state index in [1.165, 1.54) is 44.9 Å². The van der Waals surface area contributed by atoms with Crippen molar-refractivity contribution in [1.82, 2.24) is 0 Å². The number of aliphatic hydroxyl groups is 1. The van der Waals surface area contributed by atoms with Crippen LogP contribution in [0.3, 0.4) is 0 Å². The van der Waals surface area contributed by atoms with Crippen LogP contribution in [0, 0.1) is 34.5 Å². The third kappa shape index (κ3) is 1.97. The van der Waals surface area contributed by atoms with E-state index in [-0.39, 0.29) is 12.1 Å². The number of aliphatic hydroxyl groups excluding tert-OH is 1. The third-order valence-corrected chi connectivity index (χ3v) is 8.54. The van der Waals surface area contributed by atoms with Gasteiger partial charge in [-0.3, -0.25) is 0 Å². The highest BCUT2D eigenvalue weighted by Crippen LogP contribution is 2.66. The Hall–Kier alpha value is -0.0800. The van der Waals surface area contributed by atoms with Crippen LogP contribution in [-0.4, -0.2) is 17.3 Å². The third-order valence-electron chi connectivity index (χ3n) is 8.54. The Bertz CT molecular complexity index is 424. The zero-order valence-electron chi connectivity index (χ0n) is 13.9. The fraction of sp³-hybridized carbons (Fsp3) is 1.00. The van der Waals surface area contributed by atoms with Gasteiger partial charge in [0.05, 0.1) is 6.10 Å². The molecule has 2 nitrogen and oxygen atoms in total. The second-order valence-corrected chi connectivity index (χ2v) is 9.41. The van der Waals surface area contributed by atoms with Crippen molar-refractivity contribution in [2.24, 2.45) is 40.2 Å². The van der Waals surface area contributed by atoms with E-state index < -0.39 is 0 Å². The van der Waals surface area contributed by atoms with E-state index >= 15 is 0 Å². The summed E-state index contributed by atoms with van der Waals surface area (Å²) < 4.78 is 0. The number of fused-ring (bicyclic) bond motifs is 5. The van der Waals surface area contributed by atoms with E-state index in [1.807, 2.05) is 0 Å². The van der Waals surface area contributed by atoms with Gasteiger partial charge in [-0.2, -0.15) is 0 Å². The van der Waals surface area contributed by atoms with Crippen molar-refractivity contribution in [1.29, 1.82) is 0 Å². The highest BCUT2D eigenvalue weighted by atomic mass is 16.3. The SMILES string of the molecule is C[C@@]12CCC[C@H]1[C@@H]1CC[C@H]3C[C@H](O)[C@H](N)C[C@]3(C)[C@H]1CC2. The molecule has 0 spiro atoms. The van der Waals surface area contributed by atoms with Gasteiger partial charge in [0.1, 0.15) is 0 Å². The highest BCUT2D eigenvalue weighted by molar-refractivity contribution is 5.08. The summed E-state index contributed by atoms with van der Waals surface area (Å²) in [7, 11) is 0. The first-order valence-corrected chi connectivity index (χ1v) is 9.38. The van der Waals surface area contributed by atoms with Crippen LogP contribution in [0.25, 0.3) is 0 Å². The van der Waals surface area contributed by atoms with Crippen molar-refractivity contribution in [3.63, 3.8) is 0 Å². The summed E-state index contributed by atoms with van der Waals surface area (Å²) in [5.74, 6) is 3.54. The van der Waals surface area contributed by atoms with Crippen molar-refractivity contribution in [2.45, 2.75) is 83.8 Å². The van der Waals surface area contributed by atoms with Gasteiger partial charge in [0, 0.05) is 6.04 Å². The maximum atomic E-state index is 10.2. The van der Waals surface area contributed by atoms with Crippen LogP contribution in [0.15, 0.2) is 0 Å². The quantitative estimate of drug-likeness (QED) is 0.714. The van der Waals surface area contributed by atoms with Crippen molar-refractivity contribution >= 4 is 0 Å².